The molecule has 0 unspecified atom stereocenters. The predicted molar refractivity (Wildman–Crippen MR) is 87.2 cm³/mol. The third kappa shape index (κ3) is 3.38. The van der Waals surface area contributed by atoms with E-state index in [9.17, 15) is 4.79 Å². The van der Waals surface area contributed by atoms with E-state index >= 15 is 0 Å². The van der Waals surface area contributed by atoms with E-state index in [1.807, 2.05) is 37.3 Å². The van der Waals surface area contributed by atoms with Crippen molar-refractivity contribution in [2.45, 2.75) is 20.1 Å². The van der Waals surface area contributed by atoms with Gasteiger partial charge in [-0.1, -0.05) is 41.7 Å². The maximum atomic E-state index is 12.3. The van der Waals surface area contributed by atoms with Crippen LogP contribution in [0.25, 0.3) is 11.4 Å². The molecule has 0 aliphatic carbocycles. The van der Waals surface area contributed by atoms with E-state index in [1.54, 1.807) is 7.05 Å². The van der Waals surface area contributed by atoms with Crippen LogP contribution in [-0.4, -0.2) is 31.2 Å². The molecule has 2 heterocycles. The Balaban J connectivity index is 1.84. The van der Waals surface area contributed by atoms with Crippen molar-refractivity contribution in [3.8, 4) is 11.4 Å². The van der Waals surface area contributed by atoms with Crippen LogP contribution in [0.3, 0.4) is 0 Å². The summed E-state index contributed by atoms with van der Waals surface area (Å²) in [5, 5.41) is 14.1. The Morgan fingerprint density at radius 3 is 2.65 bits per heavy atom. The first-order chi connectivity index (χ1) is 11.2. The highest BCUT2D eigenvalue weighted by atomic mass is 32.1. The molecule has 0 spiro atoms. The molecule has 0 aliphatic rings. The molecule has 0 fully saturated rings. The number of aromatic nitrogens is 5. The van der Waals surface area contributed by atoms with Gasteiger partial charge in [0, 0.05) is 19.2 Å². The van der Waals surface area contributed by atoms with E-state index < -0.39 is 0 Å². The Kier molecular flexibility index (Phi) is 4.63. The third-order valence-corrected chi connectivity index (χ3v) is 4.18. The first kappa shape index (κ1) is 15.6. The van der Waals surface area contributed by atoms with E-state index in [-0.39, 0.29) is 5.69 Å². The zero-order valence-corrected chi connectivity index (χ0v) is 13.8. The van der Waals surface area contributed by atoms with Crippen LogP contribution in [0.15, 0.2) is 35.1 Å². The van der Waals surface area contributed by atoms with Crippen LogP contribution in [0.2, 0.25) is 0 Å². The minimum Gasteiger partial charge on any atom is -0.374 e. The van der Waals surface area contributed by atoms with Crippen LogP contribution in [0, 0.1) is 0 Å². The lowest BCUT2D eigenvalue weighted by Crippen LogP contribution is -2.23. The van der Waals surface area contributed by atoms with Gasteiger partial charge < -0.3 is 4.74 Å². The lowest BCUT2D eigenvalue weighted by Gasteiger charge is -1.97. The zero-order valence-electron chi connectivity index (χ0n) is 13.0. The molecule has 0 saturated heterocycles. The van der Waals surface area contributed by atoms with Gasteiger partial charge in [0.2, 0.25) is 0 Å². The van der Waals surface area contributed by atoms with Gasteiger partial charge >= 0.3 is 5.69 Å². The first-order valence-electron chi connectivity index (χ1n) is 7.27. The number of rotatable bonds is 6. The van der Waals surface area contributed by atoms with Gasteiger partial charge in [-0.25, -0.2) is 9.48 Å². The lowest BCUT2D eigenvalue weighted by atomic mass is 10.2. The predicted octanol–water partition coefficient (Wildman–Crippen LogP) is 1.69. The fourth-order valence-corrected chi connectivity index (χ4v) is 2.92. The minimum atomic E-state index is -0.176. The molecule has 0 bridgehead atoms. The Bertz CT molecular complexity index is 837. The van der Waals surface area contributed by atoms with Gasteiger partial charge in [-0.15, -0.1) is 15.3 Å². The van der Waals surface area contributed by atoms with Crippen molar-refractivity contribution in [1.29, 1.82) is 0 Å². The van der Waals surface area contributed by atoms with Crippen molar-refractivity contribution in [3.05, 3.63) is 50.8 Å². The van der Waals surface area contributed by atoms with Crippen LogP contribution in [0.5, 0.6) is 0 Å². The number of hydrogen-bond donors (Lipinski definition) is 0. The molecule has 0 aliphatic heterocycles. The molecule has 0 saturated carbocycles. The topological polar surface area (TPSA) is 74.8 Å². The average Bonchev–Trinajstić information content (AvgIpc) is 3.14. The fourth-order valence-electron chi connectivity index (χ4n) is 2.16. The molecule has 2 aromatic heterocycles. The summed E-state index contributed by atoms with van der Waals surface area (Å²) >= 11 is 1.43. The summed E-state index contributed by atoms with van der Waals surface area (Å²) in [7, 11) is 1.72. The van der Waals surface area contributed by atoms with Crippen LogP contribution in [-0.2, 0) is 24.9 Å². The summed E-state index contributed by atoms with van der Waals surface area (Å²) < 4.78 is 8.26. The summed E-state index contributed by atoms with van der Waals surface area (Å²) in [6, 6.07) is 9.63. The molecular weight excluding hydrogens is 314 g/mol. The van der Waals surface area contributed by atoms with Crippen LogP contribution in [0.1, 0.15) is 16.9 Å². The van der Waals surface area contributed by atoms with Crippen molar-refractivity contribution in [3.63, 3.8) is 0 Å². The second kappa shape index (κ2) is 6.84. The van der Waals surface area contributed by atoms with E-state index in [1.165, 1.54) is 20.6 Å². The smallest absolute Gasteiger partial charge is 0.346 e. The number of nitrogens with zero attached hydrogens (tertiary/aromatic N) is 5. The monoisotopic (exact) mass is 331 g/mol. The van der Waals surface area contributed by atoms with Crippen molar-refractivity contribution < 1.29 is 4.74 Å². The summed E-state index contributed by atoms with van der Waals surface area (Å²) in [4.78, 5) is 12.3. The first-order valence-corrected chi connectivity index (χ1v) is 8.09. The molecule has 0 amide bonds. The van der Waals surface area contributed by atoms with E-state index in [0.717, 1.165) is 15.6 Å². The van der Waals surface area contributed by atoms with Crippen LogP contribution < -0.4 is 5.69 Å². The van der Waals surface area contributed by atoms with Crippen LogP contribution >= 0.6 is 11.3 Å². The quantitative estimate of drug-likeness (QED) is 0.687. The van der Waals surface area contributed by atoms with Gasteiger partial charge in [-0.05, 0) is 6.92 Å². The van der Waals surface area contributed by atoms with Crippen LogP contribution in [0.4, 0.5) is 0 Å². The normalized spacial score (nSPS) is 11.0. The standard InChI is InChI=1S/C15H17N5O2S/c1-3-22-10-13-17-16-12(23-13)9-20-15(21)19(2)14(18-20)11-7-5-4-6-8-11/h4-8H,3,9-10H2,1-2H3. The number of hydrogen-bond acceptors (Lipinski definition) is 6. The van der Waals surface area contributed by atoms with Gasteiger partial charge in [0.05, 0.1) is 0 Å². The van der Waals surface area contributed by atoms with Gasteiger partial charge in [-0.2, -0.15) is 0 Å². The van der Waals surface area contributed by atoms with Gasteiger partial charge in [0.15, 0.2) is 5.82 Å². The molecule has 23 heavy (non-hydrogen) atoms. The summed E-state index contributed by atoms with van der Waals surface area (Å²) in [5.41, 5.74) is 0.727. The molecule has 8 heteroatoms. The van der Waals surface area contributed by atoms with Crippen molar-refractivity contribution in [1.82, 2.24) is 24.5 Å². The molecule has 120 valence electrons. The Morgan fingerprint density at radius 1 is 1.17 bits per heavy atom. The third-order valence-electron chi connectivity index (χ3n) is 3.30. The number of benzene rings is 1. The summed E-state index contributed by atoms with van der Waals surface area (Å²) in [5.74, 6) is 0.634. The Labute approximate surface area is 137 Å². The maximum Gasteiger partial charge on any atom is 0.346 e. The fraction of sp³-hybridized carbons (Fsp3) is 0.333. The van der Waals surface area contributed by atoms with Crippen molar-refractivity contribution in [2.75, 3.05) is 6.61 Å². The number of ether oxygens (including phenoxy) is 1. The summed E-state index contributed by atoms with van der Waals surface area (Å²) in [6.45, 7) is 3.32. The molecule has 0 radical (unpaired) electrons. The lowest BCUT2D eigenvalue weighted by molar-refractivity contribution is 0.133. The molecule has 3 rings (SSSR count). The Hall–Kier alpha value is -2.32. The minimum absolute atomic E-state index is 0.176. The molecule has 0 N–H and O–H groups in total. The van der Waals surface area contributed by atoms with E-state index in [0.29, 0.717) is 25.6 Å². The Morgan fingerprint density at radius 2 is 1.91 bits per heavy atom. The van der Waals surface area contributed by atoms with Gasteiger partial charge in [0.25, 0.3) is 0 Å². The molecule has 1 aromatic carbocycles. The van der Waals surface area contributed by atoms with Crippen molar-refractivity contribution in [2.24, 2.45) is 7.05 Å². The highest BCUT2D eigenvalue weighted by Gasteiger charge is 2.14. The molecule has 0 atom stereocenters. The van der Waals surface area contributed by atoms with Gasteiger partial charge in [0.1, 0.15) is 23.2 Å². The highest BCUT2D eigenvalue weighted by Crippen LogP contribution is 2.15. The SMILES string of the molecule is CCOCc1nnc(Cn2nc(-c3ccccc3)n(C)c2=O)s1. The second-order valence-corrected chi connectivity index (χ2v) is 6.06. The summed E-state index contributed by atoms with van der Waals surface area (Å²) in [6.07, 6.45) is 0. The van der Waals surface area contributed by atoms with E-state index in [4.69, 9.17) is 4.74 Å². The molecular formula is C15H17N5O2S. The van der Waals surface area contributed by atoms with Gasteiger partial charge in [-0.3, -0.25) is 4.57 Å². The average molecular weight is 331 g/mol. The molecule has 7 nitrogen and oxygen atoms in total. The largest absolute Gasteiger partial charge is 0.374 e. The second-order valence-electron chi connectivity index (χ2n) is 4.92. The highest BCUT2D eigenvalue weighted by molar-refractivity contribution is 7.11. The van der Waals surface area contributed by atoms with E-state index in [2.05, 4.69) is 15.3 Å². The molecule has 3 aromatic rings. The zero-order chi connectivity index (χ0) is 16.2. The maximum absolute atomic E-state index is 12.3. The van der Waals surface area contributed by atoms with Crippen molar-refractivity contribution >= 4 is 11.3 Å².